The van der Waals surface area contributed by atoms with Gasteiger partial charge in [-0.2, -0.15) is 8.42 Å². The Balaban J connectivity index is 0.000000369. The van der Waals surface area contributed by atoms with Gasteiger partial charge in [0.15, 0.2) is 0 Å². The fraction of sp³-hybridized carbons (Fsp3) is 0. The monoisotopic (exact) mass is 788 g/mol. The molecule has 10 N–H and O–H groups in total. The summed E-state index contributed by atoms with van der Waals surface area (Å²) in [5.41, 5.74) is -2.18. The molecule has 0 aliphatic carbocycles. The Morgan fingerprint density at radius 3 is 0.909 bits per heavy atom. The Morgan fingerprint density at radius 2 is 0.618 bits per heavy atom. The lowest BCUT2D eigenvalue weighted by Gasteiger charge is -2.02. The average molecular weight is 789 g/mol. The molecule has 55 heavy (non-hydrogen) atoms. The van der Waals surface area contributed by atoms with E-state index in [0.29, 0.717) is 12.1 Å². The van der Waals surface area contributed by atoms with Gasteiger partial charge in [-0.25, -0.2) is 43.2 Å². The number of rotatable bonds is 10. The fourth-order valence-electron chi connectivity index (χ4n) is 3.58. The number of carboxylic acids is 9. The maximum Gasteiger partial charge on any atom is 0.336 e. The van der Waals surface area contributed by atoms with E-state index >= 15 is 0 Å². The Kier molecular flexibility index (Phi) is 16.0. The van der Waals surface area contributed by atoms with Gasteiger partial charge in [0.25, 0.3) is 10.1 Å². The molecule has 0 fully saturated rings. The van der Waals surface area contributed by atoms with E-state index in [1.807, 2.05) is 0 Å². The fourth-order valence-corrected chi connectivity index (χ4v) is 4.13. The first-order valence-corrected chi connectivity index (χ1v) is 15.4. The van der Waals surface area contributed by atoms with Crippen LogP contribution in [0.2, 0.25) is 0 Å². The first-order valence-electron chi connectivity index (χ1n) is 13.9. The highest BCUT2D eigenvalue weighted by molar-refractivity contribution is 7.85. The molecule has 0 aliphatic heterocycles. The molecule has 0 amide bonds. The lowest BCUT2D eigenvalue weighted by atomic mass is 10.0. The van der Waals surface area contributed by atoms with E-state index in [-0.39, 0.29) is 27.8 Å². The topological polar surface area (TPSA) is 390 Å². The van der Waals surface area contributed by atoms with Gasteiger partial charge in [-0.15, -0.1) is 0 Å². The normalized spacial score (nSPS) is 9.91. The van der Waals surface area contributed by atoms with E-state index in [1.165, 1.54) is 42.5 Å². The van der Waals surface area contributed by atoms with Crippen molar-refractivity contribution < 1.29 is 102 Å². The highest BCUT2D eigenvalue weighted by Crippen LogP contribution is 2.16. The number of carbonyl (C=O) groups is 9. The van der Waals surface area contributed by atoms with Gasteiger partial charge in [-0.05, 0) is 78.9 Å². The van der Waals surface area contributed by atoms with Crippen LogP contribution in [0, 0.1) is 0 Å². The summed E-state index contributed by atoms with van der Waals surface area (Å²) in [5, 5.41) is 77.0. The first-order chi connectivity index (χ1) is 25.4. The molecule has 0 saturated heterocycles. The standard InChI is InChI=1S/C9H6O6.C8H6O7S.2C8H6O4/c10-7(11)4-1-2-5(8(12)13)6(3-4)9(14)15;9-7(10)4-1-5(8(11)12)3-6(2-4)16(13,14)15;9-7(10)5-1-2-6(4-3-5)8(11)12;9-7(10)5-2-1-3-6(4-5)8(11)12/h1-3H,(H,10,11)(H,12,13)(H,14,15);1-3H,(H,9,10)(H,11,12)(H,13,14,15);2*1-4H,(H,9,10)(H,11,12). The number of benzene rings is 4. The quantitative estimate of drug-likeness (QED) is 0.103. The summed E-state index contributed by atoms with van der Waals surface area (Å²) < 4.78 is 30.2. The molecule has 22 heteroatoms. The molecule has 0 aliphatic rings. The van der Waals surface area contributed by atoms with Gasteiger partial charge in [-0.1, -0.05) is 6.07 Å². The molecule has 0 unspecified atom stereocenters. The van der Waals surface area contributed by atoms with E-state index in [1.54, 1.807) is 0 Å². The van der Waals surface area contributed by atoms with Crippen molar-refractivity contribution in [1.29, 1.82) is 0 Å². The minimum Gasteiger partial charge on any atom is -0.478 e. The summed E-state index contributed by atoms with van der Waals surface area (Å²) in [6, 6.07) is 15.2. The van der Waals surface area contributed by atoms with Crippen molar-refractivity contribution in [3.8, 4) is 0 Å². The van der Waals surface area contributed by atoms with Gasteiger partial charge in [0.2, 0.25) is 0 Å². The van der Waals surface area contributed by atoms with E-state index in [0.717, 1.165) is 30.3 Å². The molecule has 21 nitrogen and oxygen atoms in total. The van der Waals surface area contributed by atoms with Crippen LogP contribution in [0.25, 0.3) is 0 Å². The lowest BCUT2D eigenvalue weighted by molar-refractivity contribution is 0.0649. The zero-order chi connectivity index (χ0) is 42.4. The third-order valence-corrected chi connectivity index (χ3v) is 6.99. The highest BCUT2D eigenvalue weighted by Gasteiger charge is 2.19. The average Bonchev–Trinajstić information content (AvgIpc) is 3.11. The number of carboxylic acid groups (broad SMARTS) is 9. The molecule has 0 heterocycles. The summed E-state index contributed by atoms with van der Waals surface area (Å²) in [6.45, 7) is 0. The van der Waals surface area contributed by atoms with Crippen LogP contribution in [0.3, 0.4) is 0 Å². The maximum absolute atomic E-state index is 10.8. The predicted octanol–water partition coefficient (Wildman–Crippen LogP) is 3.28. The summed E-state index contributed by atoms with van der Waals surface area (Å²) in [6.07, 6.45) is 0. The molecular weight excluding hydrogens is 764 g/mol. The molecule has 288 valence electrons. The van der Waals surface area contributed by atoms with Crippen LogP contribution >= 0.6 is 0 Å². The molecule has 0 saturated carbocycles. The number of aromatic carboxylic acids is 9. The molecule has 0 spiro atoms. The van der Waals surface area contributed by atoms with Crippen molar-refractivity contribution in [2.24, 2.45) is 0 Å². The summed E-state index contributed by atoms with van der Waals surface area (Å²) in [4.78, 5) is 93.6. The van der Waals surface area contributed by atoms with Crippen LogP contribution in [0.5, 0.6) is 0 Å². The van der Waals surface area contributed by atoms with Gasteiger partial charge in [0, 0.05) is 0 Å². The first kappa shape index (κ1) is 45.0. The molecule has 0 radical (unpaired) electrons. The van der Waals surface area contributed by atoms with Crippen LogP contribution in [0.1, 0.15) is 93.2 Å². The van der Waals surface area contributed by atoms with Crippen LogP contribution in [0.4, 0.5) is 0 Å². The van der Waals surface area contributed by atoms with Crippen LogP contribution in [0.15, 0.2) is 89.8 Å². The lowest BCUT2D eigenvalue weighted by Crippen LogP contribution is -2.10. The van der Waals surface area contributed by atoms with Crippen LogP contribution in [-0.4, -0.2) is 113 Å². The van der Waals surface area contributed by atoms with Crippen molar-refractivity contribution in [2.45, 2.75) is 4.90 Å². The van der Waals surface area contributed by atoms with Crippen molar-refractivity contribution in [2.75, 3.05) is 0 Å². The second-order valence-electron chi connectivity index (χ2n) is 9.89. The Hall–Kier alpha value is -7.98. The zero-order valence-electron chi connectivity index (χ0n) is 27.0. The zero-order valence-corrected chi connectivity index (χ0v) is 27.8. The van der Waals surface area contributed by atoms with E-state index in [2.05, 4.69) is 0 Å². The Labute approximate surface area is 305 Å². The number of hydrogen-bond donors (Lipinski definition) is 10. The van der Waals surface area contributed by atoms with Crippen molar-refractivity contribution in [3.63, 3.8) is 0 Å². The Bertz CT molecular complexity index is 2200. The van der Waals surface area contributed by atoms with Crippen LogP contribution < -0.4 is 0 Å². The SMILES string of the molecule is O=C(O)c1cc(C(=O)O)cc(S(=O)(=O)O)c1.O=C(O)c1ccc(C(=O)O)c(C(=O)O)c1.O=C(O)c1ccc(C(=O)O)cc1.O=C(O)c1cccc(C(=O)O)c1. The van der Waals surface area contributed by atoms with Crippen molar-refractivity contribution >= 4 is 63.8 Å². The molecule has 0 atom stereocenters. The van der Waals surface area contributed by atoms with Gasteiger partial charge in [0.05, 0.1) is 55.0 Å². The van der Waals surface area contributed by atoms with E-state index in [9.17, 15) is 51.6 Å². The summed E-state index contributed by atoms with van der Waals surface area (Å²) >= 11 is 0. The largest absolute Gasteiger partial charge is 0.478 e. The van der Waals surface area contributed by atoms with Crippen molar-refractivity contribution in [3.05, 3.63) is 135 Å². The van der Waals surface area contributed by atoms with Gasteiger partial charge >= 0.3 is 53.7 Å². The maximum atomic E-state index is 10.8. The van der Waals surface area contributed by atoms with E-state index in [4.69, 9.17) is 50.5 Å². The minimum absolute atomic E-state index is 0.0186. The predicted molar refractivity (Wildman–Crippen MR) is 178 cm³/mol. The molecule has 0 aromatic heterocycles. The summed E-state index contributed by atoms with van der Waals surface area (Å²) in [7, 11) is -4.64. The molecule has 0 bridgehead atoms. The number of hydrogen-bond acceptors (Lipinski definition) is 11. The Morgan fingerprint density at radius 1 is 0.327 bits per heavy atom. The third-order valence-electron chi connectivity index (χ3n) is 6.16. The third kappa shape index (κ3) is 14.3. The van der Waals surface area contributed by atoms with Gasteiger partial charge in [0.1, 0.15) is 0 Å². The second kappa shape index (κ2) is 19.6. The molecule has 4 aromatic rings. The molecular formula is C33H24O21S. The minimum atomic E-state index is -4.64. The summed E-state index contributed by atoms with van der Waals surface area (Å²) in [5.74, 6) is -11.6. The van der Waals surface area contributed by atoms with Crippen LogP contribution in [-0.2, 0) is 10.1 Å². The van der Waals surface area contributed by atoms with Gasteiger partial charge in [-0.3, -0.25) is 4.55 Å². The van der Waals surface area contributed by atoms with Crippen molar-refractivity contribution in [1.82, 2.24) is 0 Å². The molecule has 4 rings (SSSR count). The molecule has 4 aromatic carbocycles. The second-order valence-corrected chi connectivity index (χ2v) is 11.3. The highest BCUT2D eigenvalue weighted by atomic mass is 32.2. The van der Waals surface area contributed by atoms with Gasteiger partial charge < -0.3 is 46.0 Å². The van der Waals surface area contributed by atoms with E-state index < -0.39 is 91.0 Å². The smallest absolute Gasteiger partial charge is 0.336 e.